The number of aryl methyl sites for hydroxylation is 2. The molecule has 8 nitrogen and oxygen atoms in total. The van der Waals surface area contributed by atoms with Crippen LogP contribution < -0.4 is 14.8 Å². The predicted molar refractivity (Wildman–Crippen MR) is 86.8 cm³/mol. The lowest BCUT2D eigenvalue weighted by atomic mass is 10.2. The number of rotatable bonds is 6. The quantitative estimate of drug-likeness (QED) is 0.835. The van der Waals surface area contributed by atoms with Gasteiger partial charge in [0.15, 0.2) is 12.4 Å². The van der Waals surface area contributed by atoms with Crippen LogP contribution in [0.4, 0.5) is 5.69 Å². The number of anilines is 1. The van der Waals surface area contributed by atoms with Crippen LogP contribution in [0.2, 0.25) is 0 Å². The number of hydrogen-bond donors (Lipinski definition) is 2. The fraction of sp³-hybridized carbons (Fsp3) is 0.312. The van der Waals surface area contributed by atoms with Crippen LogP contribution in [0, 0.1) is 13.8 Å². The zero-order valence-electron chi connectivity index (χ0n) is 13.9. The van der Waals surface area contributed by atoms with Gasteiger partial charge in [0, 0.05) is 18.8 Å². The molecular formula is C16H19N3O5. The van der Waals surface area contributed by atoms with E-state index >= 15 is 0 Å². The van der Waals surface area contributed by atoms with E-state index in [1.807, 2.05) is 6.92 Å². The molecule has 0 fully saturated rings. The third-order valence-electron chi connectivity index (χ3n) is 3.51. The van der Waals surface area contributed by atoms with E-state index in [0.717, 1.165) is 5.69 Å². The van der Waals surface area contributed by atoms with E-state index in [1.165, 1.54) is 25.3 Å². The molecule has 0 spiro atoms. The van der Waals surface area contributed by atoms with Gasteiger partial charge in [0.1, 0.15) is 17.0 Å². The summed E-state index contributed by atoms with van der Waals surface area (Å²) >= 11 is 0. The highest BCUT2D eigenvalue weighted by molar-refractivity contribution is 5.95. The molecule has 0 saturated heterocycles. The Morgan fingerprint density at radius 3 is 2.58 bits per heavy atom. The van der Waals surface area contributed by atoms with Gasteiger partial charge in [-0.2, -0.15) is 5.10 Å². The lowest BCUT2D eigenvalue weighted by Gasteiger charge is -2.10. The van der Waals surface area contributed by atoms with Crippen LogP contribution in [0.1, 0.15) is 21.7 Å². The van der Waals surface area contributed by atoms with E-state index in [-0.39, 0.29) is 23.8 Å². The van der Waals surface area contributed by atoms with Crippen molar-refractivity contribution in [2.75, 3.05) is 19.0 Å². The Hall–Kier alpha value is -3.03. The number of amides is 1. The maximum atomic E-state index is 12.0. The predicted octanol–water partition coefficient (Wildman–Crippen LogP) is 1.76. The Labute approximate surface area is 139 Å². The summed E-state index contributed by atoms with van der Waals surface area (Å²) in [5.74, 6) is -0.731. The van der Waals surface area contributed by atoms with E-state index in [1.54, 1.807) is 18.7 Å². The molecule has 1 amide bonds. The van der Waals surface area contributed by atoms with Gasteiger partial charge in [-0.3, -0.25) is 9.48 Å². The molecule has 0 radical (unpaired) electrons. The molecule has 0 atom stereocenters. The standard InChI is InChI=1S/C16H19N3O5/c1-9-15(10(2)19(3)18-9)24-8-14(20)17-11-5-6-12(16(21)22)13(7-11)23-4/h5-7H,8H2,1-4H3,(H,17,20)(H,21,22). The number of carbonyl (C=O) groups excluding carboxylic acids is 1. The van der Waals surface area contributed by atoms with Crippen LogP contribution >= 0.6 is 0 Å². The Morgan fingerprint density at radius 2 is 2.04 bits per heavy atom. The van der Waals surface area contributed by atoms with Crippen molar-refractivity contribution in [1.29, 1.82) is 0 Å². The monoisotopic (exact) mass is 333 g/mol. The molecule has 128 valence electrons. The Bertz CT molecular complexity index is 782. The first-order chi connectivity index (χ1) is 11.3. The molecule has 1 heterocycles. The minimum absolute atomic E-state index is 0.0216. The van der Waals surface area contributed by atoms with Crippen LogP contribution in [0.3, 0.4) is 0 Å². The molecule has 0 aliphatic rings. The Morgan fingerprint density at radius 1 is 1.33 bits per heavy atom. The van der Waals surface area contributed by atoms with Crippen molar-refractivity contribution in [3.05, 3.63) is 35.2 Å². The van der Waals surface area contributed by atoms with Crippen LogP contribution in [-0.4, -0.2) is 40.5 Å². The first-order valence-electron chi connectivity index (χ1n) is 7.17. The summed E-state index contributed by atoms with van der Waals surface area (Å²) in [7, 11) is 3.16. The number of ether oxygens (including phenoxy) is 2. The Balaban J connectivity index is 2.03. The minimum atomic E-state index is -1.10. The number of carboxylic acid groups (broad SMARTS) is 1. The topological polar surface area (TPSA) is 103 Å². The first-order valence-corrected chi connectivity index (χ1v) is 7.17. The molecule has 2 rings (SSSR count). The molecule has 0 saturated carbocycles. The fourth-order valence-corrected chi connectivity index (χ4v) is 2.24. The molecule has 1 aromatic carbocycles. The normalized spacial score (nSPS) is 10.3. The third kappa shape index (κ3) is 3.65. The summed E-state index contributed by atoms with van der Waals surface area (Å²) in [6.07, 6.45) is 0. The van der Waals surface area contributed by atoms with Crippen molar-refractivity contribution in [1.82, 2.24) is 9.78 Å². The number of aromatic carboxylic acids is 1. The second kappa shape index (κ2) is 7.03. The van der Waals surface area contributed by atoms with Gasteiger partial charge in [-0.05, 0) is 26.0 Å². The molecule has 24 heavy (non-hydrogen) atoms. The number of carboxylic acids is 1. The van der Waals surface area contributed by atoms with Gasteiger partial charge in [-0.1, -0.05) is 0 Å². The lowest BCUT2D eigenvalue weighted by Crippen LogP contribution is -2.20. The van der Waals surface area contributed by atoms with Gasteiger partial charge in [0.2, 0.25) is 0 Å². The highest BCUT2D eigenvalue weighted by Gasteiger charge is 2.14. The van der Waals surface area contributed by atoms with Gasteiger partial charge in [-0.15, -0.1) is 0 Å². The van der Waals surface area contributed by atoms with Gasteiger partial charge < -0.3 is 19.9 Å². The first kappa shape index (κ1) is 17.3. The van der Waals surface area contributed by atoms with Crippen molar-refractivity contribution in [2.45, 2.75) is 13.8 Å². The summed E-state index contributed by atoms with van der Waals surface area (Å²) in [4.78, 5) is 23.1. The number of nitrogens with zero attached hydrogens (tertiary/aromatic N) is 2. The summed E-state index contributed by atoms with van der Waals surface area (Å²) in [6, 6.07) is 4.30. The summed E-state index contributed by atoms with van der Waals surface area (Å²) in [5, 5.41) is 15.9. The summed E-state index contributed by atoms with van der Waals surface area (Å²) < 4.78 is 12.2. The highest BCUT2D eigenvalue weighted by atomic mass is 16.5. The molecule has 0 unspecified atom stereocenters. The average Bonchev–Trinajstić information content (AvgIpc) is 2.77. The van der Waals surface area contributed by atoms with Crippen LogP contribution in [0.25, 0.3) is 0 Å². The molecular weight excluding hydrogens is 314 g/mol. The maximum absolute atomic E-state index is 12.0. The number of methoxy groups -OCH3 is 1. The lowest BCUT2D eigenvalue weighted by molar-refractivity contribution is -0.118. The van der Waals surface area contributed by atoms with Crippen molar-refractivity contribution < 1.29 is 24.2 Å². The fourth-order valence-electron chi connectivity index (χ4n) is 2.24. The largest absolute Gasteiger partial charge is 0.496 e. The van der Waals surface area contributed by atoms with E-state index < -0.39 is 5.97 Å². The van der Waals surface area contributed by atoms with E-state index in [2.05, 4.69) is 10.4 Å². The maximum Gasteiger partial charge on any atom is 0.339 e. The van der Waals surface area contributed by atoms with Gasteiger partial charge in [-0.25, -0.2) is 4.79 Å². The number of carbonyl (C=O) groups is 2. The van der Waals surface area contributed by atoms with E-state index in [9.17, 15) is 9.59 Å². The summed E-state index contributed by atoms with van der Waals surface area (Å²) in [6.45, 7) is 3.47. The van der Waals surface area contributed by atoms with Crippen LogP contribution in [-0.2, 0) is 11.8 Å². The smallest absolute Gasteiger partial charge is 0.339 e. The number of nitrogens with one attached hydrogen (secondary N) is 1. The van der Waals surface area contributed by atoms with Crippen LogP contribution in [0.15, 0.2) is 18.2 Å². The van der Waals surface area contributed by atoms with Crippen molar-refractivity contribution >= 4 is 17.6 Å². The molecule has 2 aromatic rings. The third-order valence-corrected chi connectivity index (χ3v) is 3.51. The molecule has 0 bridgehead atoms. The average molecular weight is 333 g/mol. The Kier molecular flexibility index (Phi) is 5.08. The number of benzene rings is 1. The van der Waals surface area contributed by atoms with Gasteiger partial charge in [0.05, 0.1) is 12.8 Å². The minimum Gasteiger partial charge on any atom is -0.496 e. The van der Waals surface area contributed by atoms with E-state index in [4.69, 9.17) is 14.6 Å². The SMILES string of the molecule is COc1cc(NC(=O)COc2c(C)nn(C)c2C)ccc1C(=O)O. The van der Waals surface area contributed by atoms with Crippen molar-refractivity contribution in [3.8, 4) is 11.5 Å². The molecule has 0 aliphatic heterocycles. The summed E-state index contributed by atoms with van der Waals surface area (Å²) in [5.41, 5.74) is 1.97. The van der Waals surface area contributed by atoms with Gasteiger partial charge >= 0.3 is 5.97 Å². The van der Waals surface area contributed by atoms with E-state index in [0.29, 0.717) is 17.1 Å². The number of aromatic nitrogens is 2. The molecule has 0 aliphatic carbocycles. The zero-order chi connectivity index (χ0) is 17.9. The molecule has 1 aromatic heterocycles. The number of hydrogen-bond acceptors (Lipinski definition) is 5. The van der Waals surface area contributed by atoms with Crippen LogP contribution in [0.5, 0.6) is 11.5 Å². The molecule has 2 N–H and O–H groups in total. The van der Waals surface area contributed by atoms with Gasteiger partial charge in [0.25, 0.3) is 5.91 Å². The zero-order valence-corrected chi connectivity index (χ0v) is 13.9. The van der Waals surface area contributed by atoms with Crippen molar-refractivity contribution in [2.24, 2.45) is 7.05 Å². The van der Waals surface area contributed by atoms with Crippen molar-refractivity contribution in [3.63, 3.8) is 0 Å². The second-order valence-corrected chi connectivity index (χ2v) is 5.18. The highest BCUT2D eigenvalue weighted by Crippen LogP contribution is 2.24. The molecule has 8 heteroatoms. The second-order valence-electron chi connectivity index (χ2n) is 5.18.